The second-order valence-corrected chi connectivity index (χ2v) is 5.41. The van der Waals surface area contributed by atoms with Crippen LogP contribution in [0.2, 0.25) is 0 Å². The molecule has 0 aliphatic heterocycles. The molecule has 1 atom stereocenters. The van der Waals surface area contributed by atoms with E-state index in [4.69, 9.17) is 12.2 Å². The quantitative estimate of drug-likeness (QED) is 0.851. The van der Waals surface area contributed by atoms with Crippen LogP contribution in [-0.2, 0) is 11.2 Å². The molecule has 1 aromatic heterocycles. The summed E-state index contributed by atoms with van der Waals surface area (Å²) in [6, 6.07) is 3.30. The van der Waals surface area contributed by atoms with Crippen LogP contribution in [0.5, 0.6) is 0 Å². The Labute approximate surface area is 95.6 Å². The van der Waals surface area contributed by atoms with Crippen molar-refractivity contribution in [2.45, 2.75) is 18.9 Å². The lowest BCUT2D eigenvalue weighted by molar-refractivity contribution is -0.119. The number of carbonyl (C=O) groups is 1. The van der Waals surface area contributed by atoms with E-state index < -0.39 is 6.04 Å². The summed E-state index contributed by atoms with van der Waals surface area (Å²) in [5.41, 5.74) is 5.58. The molecule has 0 aliphatic rings. The summed E-state index contributed by atoms with van der Waals surface area (Å²) in [5, 5.41) is 0. The molecule has 74 valence electrons. The molecule has 1 aromatic rings. The van der Waals surface area contributed by atoms with Gasteiger partial charge in [-0.2, -0.15) is 0 Å². The maximum atomic E-state index is 11.5. The summed E-state index contributed by atoms with van der Waals surface area (Å²) in [6.07, 6.45) is 5.76. The average molecular weight is 272 g/mol. The van der Waals surface area contributed by atoms with Crippen molar-refractivity contribution in [2.24, 2.45) is 5.73 Å². The standard InChI is InChI=1S/C10H10BrNOS/c1-2-3-8(12)9(13)6-7-4-5-10(11)14-7/h1,4-5,8H,3,6,12H2. The summed E-state index contributed by atoms with van der Waals surface area (Å²) >= 11 is 4.87. The molecule has 0 saturated heterocycles. The fraction of sp³-hybridized carbons (Fsp3) is 0.300. The van der Waals surface area contributed by atoms with Gasteiger partial charge >= 0.3 is 0 Å². The summed E-state index contributed by atoms with van der Waals surface area (Å²) in [5.74, 6) is 2.39. The van der Waals surface area contributed by atoms with E-state index in [1.807, 2.05) is 12.1 Å². The van der Waals surface area contributed by atoms with Gasteiger partial charge in [0.15, 0.2) is 5.78 Å². The summed E-state index contributed by atoms with van der Waals surface area (Å²) in [6.45, 7) is 0. The SMILES string of the molecule is C#CCC(N)C(=O)Cc1ccc(Br)s1. The van der Waals surface area contributed by atoms with Gasteiger partial charge in [0.2, 0.25) is 0 Å². The zero-order valence-electron chi connectivity index (χ0n) is 7.50. The highest BCUT2D eigenvalue weighted by molar-refractivity contribution is 9.11. The van der Waals surface area contributed by atoms with Crippen LogP contribution in [0.25, 0.3) is 0 Å². The third-order valence-corrected chi connectivity index (χ3v) is 3.35. The fourth-order valence-electron chi connectivity index (χ4n) is 0.990. The first-order chi connectivity index (χ1) is 6.63. The third-order valence-electron chi connectivity index (χ3n) is 1.73. The lowest BCUT2D eigenvalue weighted by Gasteiger charge is -2.04. The van der Waals surface area contributed by atoms with Crippen LogP contribution in [-0.4, -0.2) is 11.8 Å². The molecule has 1 rings (SSSR count). The van der Waals surface area contributed by atoms with Gasteiger partial charge in [-0.05, 0) is 28.1 Å². The number of terminal acetylenes is 1. The Bertz CT molecular complexity index is 366. The van der Waals surface area contributed by atoms with Crippen molar-refractivity contribution in [3.8, 4) is 12.3 Å². The number of thiophene rings is 1. The van der Waals surface area contributed by atoms with Crippen molar-refractivity contribution in [1.29, 1.82) is 0 Å². The Hall–Kier alpha value is -0.630. The Kier molecular flexibility index (Phi) is 4.33. The van der Waals surface area contributed by atoms with Crippen LogP contribution in [0.3, 0.4) is 0 Å². The summed E-state index contributed by atoms with van der Waals surface area (Å²) < 4.78 is 1.02. The van der Waals surface area contributed by atoms with Crippen molar-refractivity contribution >= 4 is 33.0 Å². The number of carbonyl (C=O) groups excluding carboxylic acids is 1. The normalized spacial score (nSPS) is 12.1. The lowest BCUT2D eigenvalue weighted by atomic mass is 10.1. The first-order valence-electron chi connectivity index (χ1n) is 4.09. The molecule has 0 radical (unpaired) electrons. The molecule has 0 saturated carbocycles. The minimum absolute atomic E-state index is 0.00250. The zero-order chi connectivity index (χ0) is 10.6. The predicted octanol–water partition coefficient (Wildman–Crippen LogP) is 1.97. The van der Waals surface area contributed by atoms with Crippen molar-refractivity contribution < 1.29 is 4.79 Å². The van der Waals surface area contributed by atoms with Gasteiger partial charge in [-0.15, -0.1) is 23.7 Å². The number of ketones is 1. The van der Waals surface area contributed by atoms with E-state index in [1.54, 1.807) is 11.3 Å². The molecule has 0 aromatic carbocycles. The van der Waals surface area contributed by atoms with Gasteiger partial charge in [0, 0.05) is 17.7 Å². The van der Waals surface area contributed by atoms with Gasteiger partial charge in [0.05, 0.1) is 9.83 Å². The Morgan fingerprint density at radius 2 is 2.43 bits per heavy atom. The molecule has 2 nitrogen and oxygen atoms in total. The lowest BCUT2D eigenvalue weighted by Crippen LogP contribution is -2.31. The molecule has 0 bridgehead atoms. The first kappa shape index (κ1) is 11.4. The van der Waals surface area contributed by atoms with E-state index in [9.17, 15) is 4.79 Å². The second kappa shape index (κ2) is 5.30. The van der Waals surface area contributed by atoms with Crippen LogP contribution < -0.4 is 5.73 Å². The van der Waals surface area contributed by atoms with Crippen molar-refractivity contribution in [3.63, 3.8) is 0 Å². The molecular formula is C10H10BrNOS. The van der Waals surface area contributed by atoms with E-state index in [0.29, 0.717) is 12.8 Å². The highest BCUT2D eigenvalue weighted by Gasteiger charge is 2.13. The van der Waals surface area contributed by atoms with Crippen LogP contribution >= 0.6 is 27.3 Å². The van der Waals surface area contributed by atoms with Crippen molar-refractivity contribution in [2.75, 3.05) is 0 Å². The average Bonchev–Trinajstić information content (AvgIpc) is 2.51. The van der Waals surface area contributed by atoms with Crippen LogP contribution in [0.15, 0.2) is 15.9 Å². The molecule has 14 heavy (non-hydrogen) atoms. The smallest absolute Gasteiger partial charge is 0.155 e. The van der Waals surface area contributed by atoms with Gasteiger partial charge in [-0.3, -0.25) is 4.79 Å². The highest BCUT2D eigenvalue weighted by Crippen LogP contribution is 2.22. The number of halogens is 1. The molecule has 0 aliphatic carbocycles. The van der Waals surface area contributed by atoms with Crippen LogP contribution in [0.4, 0.5) is 0 Å². The molecule has 4 heteroatoms. The third kappa shape index (κ3) is 3.26. The Balaban J connectivity index is 2.53. The largest absolute Gasteiger partial charge is 0.321 e. The maximum Gasteiger partial charge on any atom is 0.155 e. The van der Waals surface area contributed by atoms with E-state index >= 15 is 0 Å². The molecule has 1 heterocycles. The molecule has 0 spiro atoms. The minimum Gasteiger partial charge on any atom is -0.321 e. The van der Waals surface area contributed by atoms with Gasteiger partial charge in [-0.25, -0.2) is 0 Å². The fourth-order valence-corrected chi connectivity index (χ4v) is 2.48. The number of hydrogen-bond acceptors (Lipinski definition) is 3. The van der Waals surface area contributed by atoms with Gasteiger partial charge < -0.3 is 5.73 Å². The molecule has 1 unspecified atom stereocenters. The predicted molar refractivity (Wildman–Crippen MR) is 62.2 cm³/mol. The van der Waals surface area contributed by atoms with Crippen molar-refractivity contribution in [1.82, 2.24) is 0 Å². The number of Topliss-reactive ketones (excluding diaryl/α,β-unsaturated/α-hetero) is 1. The number of hydrogen-bond donors (Lipinski definition) is 1. The van der Waals surface area contributed by atoms with Gasteiger partial charge in [0.25, 0.3) is 0 Å². The molecule has 2 N–H and O–H groups in total. The zero-order valence-corrected chi connectivity index (χ0v) is 9.90. The minimum atomic E-state index is -0.527. The Morgan fingerprint density at radius 1 is 1.71 bits per heavy atom. The van der Waals surface area contributed by atoms with Crippen molar-refractivity contribution in [3.05, 3.63) is 20.8 Å². The van der Waals surface area contributed by atoms with Gasteiger partial charge in [0.1, 0.15) is 0 Å². The Morgan fingerprint density at radius 3 is 2.93 bits per heavy atom. The maximum absolute atomic E-state index is 11.5. The second-order valence-electron chi connectivity index (χ2n) is 2.86. The van der Waals surface area contributed by atoms with Crippen LogP contribution in [0, 0.1) is 12.3 Å². The highest BCUT2D eigenvalue weighted by atomic mass is 79.9. The van der Waals surface area contributed by atoms with Gasteiger partial charge in [-0.1, -0.05) is 0 Å². The van der Waals surface area contributed by atoms with E-state index in [2.05, 4.69) is 21.9 Å². The first-order valence-corrected chi connectivity index (χ1v) is 5.70. The summed E-state index contributed by atoms with van der Waals surface area (Å²) in [4.78, 5) is 12.5. The number of nitrogens with two attached hydrogens (primary N) is 1. The van der Waals surface area contributed by atoms with Crippen LogP contribution in [0.1, 0.15) is 11.3 Å². The molecule has 0 amide bonds. The monoisotopic (exact) mass is 271 g/mol. The van der Waals surface area contributed by atoms with E-state index in [0.717, 1.165) is 8.66 Å². The molecular weight excluding hydrogens is 262 g/mol. The molecule has 0 fully saturated rings. The summed E-state index contributed by atoms with van der Waals surface area (Å²) in [7, 11) is 0. The van der Waals surface area contributed by atoms with E-state index in [1.165, 1.54) is 0 Å². The number of rotatable bonds is 4. The topological polar surface area (TPSA) is 43.1 Å². The van der Waals surface area contributed by atoms with E-state index in [-0.39, 0.29) is 5.78 Å².